The van der Waals surface area contributed by atoms with Crippen molar-refractivity contribution in [1.29, 1.82) is 0 Å². The molecule has 0 saturated carbocycles. The number of halogens is 1. The van der Waals surface area contributed by atoms with Crippen molar-refractivity contribution in [3.05, 3.63) is 95.3 Å². The van der Waals surface area contributed by atoms with Crippen molar-refractivity contribution in [1.82, 2.24) is 0 Å². The summed E-state index contributed by atoms with van der Waals surface area (Å²) in [6.07, 6.45) is 0. The van der Waals surface area contributed by atoms with Gasteiger partial charge in [-0.15, -0.1) is 0 Å². The van der Waals surface area contributed by atoms with Gasteiger partial charge in [-0.25, -0.2) is 9.18 Å². The highest BCUT2D eigenvalue weighted by atomic mass is 19.1. The van der Waals surface area contributed by atoms with Gasteiger partial charge in [0.15, 0.2) is 12.4 Å². The zero-order chi connectivity index (χ0) is 22.9. The van der Waals surface area contributed by atoms with E-state index in [0.717, 1.165) is 5.56 Å². The number of hydrogen-bond acceptors (Lipinski definition) is 6. The van der Waals surface area contributed by atoms with Gasteiger partial charge >= 0.3 is 5.97 Å². The summed E-state index contributed by atoms with van der Waals surface area (Å²) in [5.41, 5.74) is 12.4. The van der Waals surface area contributed by atoms with Gasteiger partial charge in [0.2, 0.25) is 0 Å². The van der Waals surface area contributed by atoms with Gasteiger partial charge in [0.25, 0.3) is 5.91 Å². The number of ether oxygens (including phenoxy) is 2. The zero-order valence-corrected chi connectivity index (χ0v) is 16.9. The number of carbonyl (C=O) groups is 2. The van der Waals surface area contributed by atoms with Crippen molar-refractivity contribution in [2.45, 2.75) is 6.61 Å². The first-order chi connectivity index (χ1) is 15.4. The van der Waals surface area contributed by atoms with Crippen LogP contribution in [0, 0.1) is 5.82 Å². The molecule has 8 nitrogen and oxygen atoms in total. The summed E-state index contributed by atoms with van der Waals surface area (Å²) in [6.45, 7) is 0.0168. The Hall–Kier alpha value is -4.40. The largest absolute Gasteiger partial charge is 0.489 e. The first-order valence-electron chi connectivity index (χ1n) is 9.44. The molecular formula is C23H20FN3O5. The Bertz CT molecular complexity index is 1100. The number of oxime groups is 1. The van der Waals surface area contributed by atoms with E-state index in [9.17, 15) is 14.0 Å². The van der Waals surface area contributed by atoms with Gasteiger partial charge in [-0.1, -0.05) is 17.3 Å². The molecule has 0 atom stereocenters. The average Bonchev–Trinajstić information content (AvgIpc) is 2.81. The summed E-state index contributed by atoms with van der Waals surface area (Å²) >= 11 is 0. The molecule has 32 heavy (non-hydrogen) atoms. The Kier molecular flexibility index (Phi) is 7.37. The highest BCUT2D eigenvalue weighted by molar-refractivity contribution is 5.98. The van der Waals surface area contributed by atoms with E-state index in [2.05, 4.69) is 5.16 Å². The summed E-state index contributed by atoms with van der Waals surface area (Å²) in [5.74, 6) is -0.650. The van der Waals surface area contributed by atoms with Gasteiger partial charge in [-0.3, -0.25) is 4.79 Å². The summed E-state index contributed by atoms with van der Waals surface area (Å²) in [5, 5.41) is 3.65. The fraction of sp³-hybridized carbons (Fsp3) is 0.0870. The fourth-order valence-electron chi connectivity index (χ4n) is 2.51. The van der Waals surface area contributed by atoms with Crippen LogP contribution in [0.3, 0.4) is 0 Å². The number of rotatable bonds is 9. The minimum absolute atomic E-state index is 0.0101. The fourth-order valence-corrected chi connectivity index (χ4v) is 2.51. The van der Waals surface area contributed by atoms with Crippen molar-refractivity contribution in [3.8, 4) is 11.5 Å². The first kappa shape index (κ1) is 22.3. The van der Waals surface area contributed by atoms with Crippen molar-refractivity contribution < 1.29 is 28.3 Å². The maximum absolute atomic E-state index is 12.9. The highest BCUT2D eigenvalue weighted by Gasteiger charge is 2.09. The van der Waals surface area contributed by atoms with E-state index in [0.29, 0.717) is 17.1 Å². The molecule has 0 aliphatic rings. The third-order valence-electron chi connectivity index (χ3n) is 4.17. The molecule has 0 heterocycles. The minimum Gasteiger partial charge on any atom is -0.489 e. The van der Waals surface area contributed by atoms with Crippen molar-refractivity contribution in [2.75, 3.05) is 6.61 Å². The van der Waals surface area contributed by atoms with E-state index in [1.165, 1.54) is 24.3 Å². The predicted octanol–water partition coefficient (Wildman–Crippen LogP) is 2.75. The Morgan fingerprint density at radius 1 is 0.781 bits per heavy atom. The molecule has 0 bridgehead atoms. The van der Waals surface area contributed by atoms with Crippen molar-refractivity contribution >= 4 is 17.7 Å². The van der Waals surface area contributed by atoms with E-state index < -0.39 is 11.9 Å². The van der Waals surface area contributed by atoms with E-state index in [1.54, 1.807) is 48.5 Å². The number of nitrogens with two attached hydrogens (primary N) is 2. The van der Waals surface area contributed by atoms with Crippen LogP contribution in [0.15, 0.2) is 78.0 Å². The molecule has 0 aromatic heterocycles. The van der Waals surface area contributed by atoms with E-state index in [1.807, 2.05) is 0 Å². The van der Waals surface area contributed by atoms with Crippen LogP contribution in [0.5, 0.6) is 11.5 Å². The number of hydrogen-bond donors (Lipinski definition) is 2. The molecular weight excluding hydrogens is 417 g/mol. The van der Waals surface area contributed by atoms with Crippen LogP contribution in [0.1, 0.15) is 21.5 Å². The van der Waals surface area contributed by atoms with Crippen LogP contribution < -0.4 is 20.9 Å². The molecule has 0 fully saturated rings. The van der Waals surface area contributed by atoms with Gasteiger partial charge < -0.3 is 25.8 Å². The van der Waals surface area contributed by atoms with Crippen molar-refractivity contribution in [2.24, 2.45) is 16.6 Å². The second-order valence-electron chi connectivity index (χ2n) is 6.57. The normalized spacial score (nSPS) is 11.0. The highest BCUT2D eigenvalue weighted by Crippen LogP contribution is 2.15. The van der Waals surface area contributed by atoms with Gasteiger partial charge in [0.05, 0.1) is 5.56 Å². The Balaban J connectivity index is 1.52. The standard InChI is InChI=1S/C23H20FN3O5/c24-18-7-11-20(12-8-18)30-13-15-1-3-17(4-2-15)23(29)32-27-22(26)16-5-9-19(10-6-16)31-14-21(25)28/h1-12H,13-14H2,(H2,25,28)(H2,26,27). The lowest BCUT2D eigenvalue weighted by molar-refractivity contribution is -0.119. The quantitative estimate of drug-likeness (QED) is 0.229. The molecule has 1 amide bonds. The van der Waals surface area contributed by atoms with Gasteiger partial charge in [0.1, 0.15) is 23.9 Å². The first-order valence-corrected chi connectivity index (χ1v) is 9.44. The molecule has 4 N–H and O–H groups in total. The summed E-state index contributed by atoms with van der Waals surface area (Å²) < 4.78 is 23.6. The molecule has 3 rings (SSSR count). The van der Waals surface area contributed by atoms with E-state index in [4.69, 9.17) is 25.8 Å². The Labute approximate surface area is 183 Å². The minimum atomic E-state index is -0.680. The number of nitrogens with zero attached hydrogens (tertiary/aromatic N) is 1. The number of benzene rings is 3. The smallest absolute Gasteiger partial charge is 0.365 e. The third-order valence-corrected chi connectivity index (χ3v) is 4.17. The Morgan fingerprint density at radius 3 is 1.97 bits per heavy atom. The van der Waals surface area contributed by atoms with Crippen LogP contribution in [0.4, 0.5) is 4.39 Å². The van der Waals surface area contributed by atoms with Crippen LogP contribution in [-0.2, 0) is 16.2 Å². The summed E-state index contributed by atoms with van der Waals surface area (Å²) in [4.78, 5) is 27.8. The van der Waals surface area contributed by atoms with Crippen LogP contribution in [0.25, 0.3) is 0 Å². The number of primary amides is 1. The predicted molar refractivity (Wildman–Crippen MR) is 114 cm³/mol. The van der Waals surface area contributed by atoms with Crippen LogP contribution in [0.2, 0.25) is 0 Å². The lowest BCUT2D eigenvalue weighted by Crippen LogP contribution is -2.20. The monoisotopic (exact) mass is 437 g/mol. The second kappa shape index (κ2) is 10.6. The van der Waals surface area contributed by atoms with Crippen LogP contribution >= 0.6 is 0 Å². The summed E-state index contributed by atoms with van der Waals surface area (Å²) in [6, 6.07) is 18.6. The topological polar surface area (TPSA) is 126 Å². The lowest BCUT2D eigenvalue weighted by atomic mass is 10.1. The molecule has 3 aromatic carbocycles. The number of carbonyl (C=O) groups excluding carboxylic acids is 2. The Morgan fingerprint density at radius 2 is 1.34 bits per heavy atom. The molecule has 0 spiro atoms. The summed E-state index contributed by atoms with van der Waals surface area (Å²) in [7, 11) is 0. The van der Waals surface area contributed by atoms with Crippen molar-refractivity contribution in [3.63, 3.8) is 0 Å². The van der Waals surface area contributed by atoms with Gasteiger partial charge in [-0.05, 0) is 66.2 Å². The zero-order valence-electron chi connectivity index (χ0n) is 16.9. The molecule has 9 heteroatoms. The molecule has 0 radical (unpaired) electrons. The molecule has 3 aromatic rings. The lowest BCUT2D eigenvalue weighted by Gasteiger charge is -2.07. The van der Waals surface area contributed by atoms with Crippen LogP contribution in [-0.4, -0.2) is 24.3 Å². The molecule has 164 valence electrons. The molecule has 0 saturated heterocycles. The van der Waals surface area contributed by atoms with E-state index >= 15 is 0 Å². The van der Waals surface area contributed by atoms with E-state index in [-0.39, 0.29) is 30.4 Å². The SMILES string of the molecule is NC(=O)COc1ccc(/C(N)=N/OC(=O)c2ccc(COc3ccc(F)cc3)cc2)cc1. The maximum Gasteiger partial charge on any atom is 0.365 e. The number of amidine groups is 1. The van der Waals surface area contributed by atoms with Gasteiger partial charge in [-0.2, -0.15) is 0 Å². The average molecular weight is 437 g/mol. The molecule has 0 aliphatic carbocycles. The van der Waals surface area contributed by atoms with Gasteiger partial charge in [0, 0.05) is 5.56 Å². The third kappa shape index (κ3) is 6.56. The maximum atomic E-state index is 12.9. The molecule has 0 aliphatic heterocycles. The second-order valence-corrected chi connectivity index (χ2v) is 6.57. The number of amides is 1. The molecule has 0 unspecified atom stereocenters.